The lowest BCUT2D eigenvalue weighted by molar-refractivity contribution is 0.751. The molecule has 0 heterocycles. The van der Waals surface area contributed by atoms with Gasteiger partial charge in [-0.2, -0.15) is 0 Å². The highest BCUT2D eigenvalue weighted by molar-refractivity contribution is 5.38. The summed E-state index contributed by atoms with van der Waals surface area (Å²) in [5, 5.41) is 0. The van der Waals surface area contributed by atoms with Crippen molar-refractivity contribution in [1.29, 1.82) is 0 Å². The minimum absolute atomic E-state index is 0.229. The molecule has 1 nitrogen and oxygen atoms in total. The van der Waals surface area contributed by atoms with Gasteiger partial charge in [0.05, 0.1) is 5.41 Å². The Labute approximate surface area is 79.2 Å². The van der Waals surface area contributed by atoms with Crippen LogP contribution in [0.3, 0.4) is 0 Å². The quantitative estimate of drug-likeness (QED) is 0.602. The highest BCUT2D eigenvalue weighted by Gasteiger charge is 2.48. The van der Waals surface area contributed by atoms with Crippen LogP contribution in [0.15, 0.2) is 24.3 Å². The second-order valence-corrected chi connectivity index (χ2v) is 3.91. The molecular weight excluding hydrogens is 158 g/mol. The van der Waals surface area contributed by atoms with E-state index in [4.69, 9.17) is 6.57 Å². The summed E-state index contributed by atoms with van der Waals surface area (Å²) in [6.45, 7) is 9.75. The van der Waals surface area contributed by atoms with Gasteiger partial charge < -0.3 is 4.85 Å². The van der Waals surface area contributed by atoms with Crippen LogP contribution in [0.1, 0.15) is 24.0 Å². The van der Waals surface area contributed by atoms with Gasteiger partial charge in [-0.05, 0) is 30.9 Å². The maximum atomic E-state index is 6.94. The fourth-order valence-electron chi connectivity index (χ4n) is 1.98. The normalized spacial score (nSPS) is 17.8. The standard InChI is InChI=1S/C12H13N/c1-10-5-3-4-6-11(10)12(7-8-12)9-13-2/h3-6H,7-9H2,1H3. The molecule has 1 aliphatic carbocycles. The predicted molar refractivity (Wildman–Crippen MR) is 53.6 cm³/mol. The Bertz CT molecular complexity index is 356. The van der Waals surface area contributed by atoms with Crippen molar-refractivity contribution in [3.63, 3.8) is 0 Å². The molecule has 1 aromatic rings. The van der Waals surface area contributed by atoms with Crippen LogP contribution in [0.25, 0.3) is 4.85 Å². The second-order valence-electron chi connectivity index (χ2n) is 3.91. The summed E-state index contributed by atoms with van der Waals surface area (Å²) < 4.78 is 0. The first-order chi connectivity index (χ1) is 6.28. The third kappa shape index (κ3) is 1.33. The summed E-state index contributed by atoms with van der Waals surface area (Å²) in [6.07, 6.45) is 2.39. The van der Waals surface area contributed by atoms with E-state index in [2.05, 4.69) is 36.0 Å². The van der Waals surface area contributed by atoms with Gasteiger partial charge in [0.15, 0.2) is 0 Å². The van der Waals surface area contributed by atoms with Crippen molar-refractivity contribution in [2.75, 3.05) is 6.54 Å². The first-order valence-corrected chi connectivity index (χ1v) is 4.68. The largest absolute Gasteiger partial charge is 0.316 e. The summed E-state index contributed by atoms with van der Waals surface area (Å²) >= 11 is 0. The molecule has 0 aliphatic heterocycles. The molecule has 0 amide bonds. The Morgan fingerprint density at radius 3 is 2.62 bits per heavy atom. The summed E-state index contributed by atoms with van der Waals surface area (Å²) in [5.41, 5.74) is 2.96. The van der Waals surface area contributed by atoms with Gasteiger partial charge >= 0.3 is 0 Å². The Balaban J connectivity index is 2.36. The molecule has 0 unspecified atom stereocenters. The summed E-state index contributed by atoms with van der Waals surface area (Å²) in [4.78, 5) is 3.54. The summed E-state index contributed by atoms with van der Waals surface area (Å²) in [7, 11) is 0. The van der Waals surface area contributed by atoms with Gasteiger partial charge in [-0.15, -0.1) is 0 Å². The molecular formula is C12H13N. The van der Waals surface area contributed by atoms with Gasteiger partial charge in [-0.25, -0.2) is 6.57 Å². The van der Waals surface area contributed by atoms with Crippen LogP contribution in [-0.2, 0) is 5.41 Å². The zero-order chi connectivity index (χ0) is 9.31. The molecule has 1 saturated carbocycles. The molecule has 1 aliphatic rings. The molecule has 0 N–H and O–H groups in total. The van der Waals surface area contributed by atoms with Gasteiger partial charge in [-0.3, -0.25) is 0 Å². The average molecular weight is 171 g/mol. The lowest BCUT2D eigenvalue weighted by Crippen LogP contribution is -2.11. The van der Waals surface area contributed by atoms with Crippen molar-refractivity contribution in [3.05, 3.63) is 46.8 Å². The van der Waals surface area contributed by atoms with Gasteiger partial charge in [0, 0.05) is 0 Å². The van der Waals surface area contributed by atoms with Gasteiger partial charge in [0.2, 0.25) is 6.54 Å². The van der Waals surface area contributed by atoms with E-state index in [0.717, 1.165) is 0 Å². The number of nitrogens with zero attached hydrogens (tertiary/aromatic N) is 1. The number of hydrogen-bond acceptors (Lipinski definition) is 0. The molecule has 2 rings (SSSR count). The van der Waals surface area contributed by atoms with Gasteiger partial charge in [0.25, 0.3) is 0 Å². The SMILES string of the molecule is [C-]#[N+]CC1(c2ccccc2C)CC1. The zero-order valence-electron chi connectivity index (χ0n) is 7.88. The minimum atomic E-state index is 0.229. The van der Waals surface area contributed by atoms with Crippen molar-refractivity contribution in [2.24, 2.45) is 0 Å². The number of aryl methyl sites for hydroxylation is 1. The van der Waals surface area contributed by atoms with Gasteiger partial charge in [0.1, 0.15) is 0 Å². The molecule has 0 spiro atoms. The topological polar surface area (TPSA) is 4.36 Å². The van der Waals surface area contributed by atoms with E-state index < -0.39 is 0 Å². The highest BCUT2D eigenvalue weighted by Crippen LogP contribution is 2.49. The fourth-order valence-corrected chi connectivity index (χ4v) is 1.98. The average Bonchev–Trinajstić information content (AvgIpc) is 2.87. The van der Waals surface area contributed by atoms with Crippen molar-refractivity contribution in [1.82, 2.24) is 0 Å². The Kier molecular flexibility index (Phi) is 1.84. The lowest BCUT2D eigenvalue weighted by atomic mass is 9.92. The molecule has 0 bridgehead atoms. The van der Waals surface area contributed by atoms with E-state index in [-0.39, 0.29) is 5.41 Å². The Morgan fingerprint density at radius 2 is 2.08 bits per heavy atom. The van der Waals surface area contributed by atoms with Crippen molar-refractivity contribution in [3.8, 4) is 0 Å². The zero-order valence-corrected chi connectivity index (χ0v) is 7.88. The molecule has 13 heavy (non-hydrogen) atoms. The van der Waals surface area contributed by atoms with Crippen LogP contribution in [0.4, 0.5) is 0 Å². The second kappa shape index (κ2) is 2.88. The first kappa shape index (κ1) is 8.31. The third-order valence-corrected chi connectivity index (χ3v) is 2.95. The van der Waals surface area contributed by atoms with Crippen molar-refractivity contribution in [2.45, 2.75) is 25.2 Å². The van der Waals surface area contributed by atoms with E-state index in [1.54, 1.807) is 0 Å². The van der Waals surface area contributed by atoms with Crippen LogP contribution in [0.5, 0.6) is 0 Å². The van der Waals surface area contributed by atoms with Crippen LogP contribution in [0.2, 0.25) is 0 Å². The predicted octanol–water partition coefficient (Wildman–Crippen LogP) is 2.95. The maximum Gasteiger partial charge on any atom is 0.224 e. The smallest absolute Gasteiger partial charge is 0.224 e. The number of rotatable bonds is 2. The van der Waals surface area contributed by atoms with Crippen molar-refractivity contribution < 1.29 is 0 Å². The summed E-state index contributed by atoms with van der Waals surface area (Å²) in [5.74, 6) is 0. The molecule has 0 saturated heterocycles. The van der Waals surface area contributed by atoms with Crippen LogP contribution in [0, 0.1) is 13.5 Å². The molecule has 1 aromatic carbocycles. The third-order valence-electron chi connectivity index (χ3n) is 2.95. The van der Waals surface area contributed by atoms with Crippen LogP contribution >= 0.6 is 0 Å². The first-order valence-electron chi connectivity index (χ1n) is 4.68. The van der Waals surface area contributed by atoms with E-state index in [9.17, 15) is 0 Å². The van der Waals surface area contributed by atoms with E-state index in [1.165, 1.54) is 24.0 Å². The highest BCUT2D eigenvalue weighted by atomic mass is 14.7. The van der Waals surface area contributed by atoms with Crippen LogP contribution in [-0.4, -0.2) is 6.54 Å². The number of benzene rings is 1. The molecule has 0 radical (unpaired) electrons. The molecule has 0 atom stereocenters. The fraction of sp³-hybridized carbons (Fsp3) is 0.417. The molecule has 66 valence electrons. The Hall–Kier alpha value is -1.29. The lowest BCUT2D eigenvalue weighted by Gasteiger charge is -2.11. The van der Waals surface area contributed by atoms with Crippen LogP contribution < -0.4 is 0 Å². The van der Waals surface area contributed by atoms with E-state index in [0.29, 0.717) is 6.54 Å². The Morgan fingerprint density at radius 1 is 1.38 bits per heavy atom. The number of hydrogen-bond donors (Lipinski definition) is 0. The molecule has 1 heteroatoms. The van der Waals surface area contributed by atoms with Gasteiger partial charge in [-0.1, -0.05) is 24.3 Å². The molecule has 0 aromatic heterocycles. The summed E-state index contributed by atoms with van der Waals surface area (Å²) in [6, 6.07) is 8.45. The van der Waals surface area contributed by atoms with E-state index >= 15 is 0 Å². The van der Waals surface area contributed by atoms with Crippen molar-refractivity contribution >= 4 is 0 Å². The monoisotopic (exact) mass is 171 g/mol. The minimum Gasteiger partial charge on any atom is -0.316 e. The maximum absolute atomic E-state index is 6.94. The molecule has 1 fully saturated rings. The van der Waals surface area contributed by atoms with E-state index in [1.807, 2.05) is 0 Å².